The molecule has 1 aromatic rings. The zero-order valence-corrected chi connectivity index (χ0v) is 42.3. The Labute approximate surface area is 327 Å². The van der Waals surface area contributed by atoms with Gasteiger partial charge in [-0.2, -0.15) is 0 Å². The summed E-state index contributed by atoms with van der Waals surface area (Å²) in [7, 11) is 34.1. The monoisotopic (exact) mass is 843 g/mol. The first-order valence-electron chi connectivity index (χ1n) is 17.6. The van der Waals surface area contributed by atoms with E-state index < -0.39 is 37.9 Å². The van der Waals surface area contributed by atoms with Crippen molar-refractivity contribution >= 4 is 44.0 Å². The third kappa shape index (κ3) is 10.3. The maximum atomic E-state index is 6.32. The van der Waals surface area contributed by atoms with E-state index in [-0.39, 0.29) is 0 Å². The van der Waals surface area contributed by atoms with Crippen LogP contribution in [0.3, 0.4) is 0 Å². The van der Waals surface area contributed by atoms with Crippen molar-refractivity contribution in [2.45, 2.75) is 6.54 Å². The average molecular weight is 843 g/mol. The van der Waals surface area contributed by atoms with Gasteiger partial charge in [0.2, 0.25) is 0 Å². The van der Waals surface area contributed by atoms with Crippen LogP contribution in [0.1, 0.15) is 11.1 Å². The molecule has 16 nitrogen and oxygen atoms in total. The van der Waals surface area contributed by atoms with Gasteiger partial charge in [0.05, 0.1) is 0 Å². The Balaban J connectivity index is 5.37. The van der Waals surface area contributed by atoms with Gasteiger partial charge >= 0.3 is 329 Å². The van der Waals surface area contributed by atoms with E-state index in [2.05, 4.69) is 249 Å². The van der Waals surface area contributed by atoms with E-state index in [9.17, 15) is 0 Å². The summed E-state index contributed by atoms with van der Waals surface area (Å²) in [5, 5.41) is 0. The van der Waals surface area contributed by atoms with Crippen LogP contribution in [-0.2, 0) is 6.54 Å². The molecule has 0 saturated carbocycles. The van der Waals surface area contributed by atoms with E-state index >= 15 is 0 Å². The van der Waals surface area contributed by atoms with Crippen LogP contribution in [0.4, 0.5) is 0 Å². The van der Waals surface area contributed by atoms with E-state index in [1.165, 1.54) is 5.56 Å². The normalized spacial score (nSPS) is 14.5. The summed E-state index contributed by atoms with van der Waals surface area (Å²) in [6, 6.07) is 8.60. The summed E-state index contributed by atoms with van der Waals surface area (Å²) >= 11 is 0. The Morgan fingerprint density at radius 1 is 0.415 bits per heavy atom. The van der Waals surface area contributed by atoms with Gasteiger partial charge in [0.15, 0.2) is 0 Å². The quantitative estimate of drug-likeness (QED) is 0.133. The molecule has 0 N–H and O–H groups in total. The fraction of sp³-hybridized carbons (Fsp3) is 0.750. The van der Waals surface area contributed by atoms with E-state index in [4.69, 9.17) is 18.1 Å². The van der Waals surface area contributed by atoms with Gasteiger partial charge in [0.1, 0.15) is 0 Å². The van der Waals surface area contributed by atoms with Crippen LogP contribution in [0.15, 0.2) is 48.9 Å². The Kier molecular flexibility index (Phi) is 19.2. The molecule has 0 bridgehead atoms. The van der Waals surface area contributed by atoms with Gasteiger partial charge in [-0.1, -0.05) is 0 Å². The van der Waals surface area contributed by atoms with Crippen molar-refractivity contribution in [3.05, 3.63) is 42.0 Å². The SMILES string of the molecule is C=Cc1ccc(CN(C)P(=N[PH](N=P(N(C)C)(N(C)C)N(C)C)(N=P(N(C)C)(N(C)C)N(C)C)N=P(N(C)C)(N(C)C)N(C)C)(N(C)C)N(C)C)cc1. The van der Waals surface area contributed by atoms with Crippen molar-refractivity contribution in [1.29, 1.82) is 0 Å². The third-order valence-corrected chi connectivity index (χ3v) is 30.5. The second-order valence-electron chi connectivity index (χ2n) is 15.2. The van der Waals surface area contributed by atoms with Crippen LogP contribution in [0.2, 0.25) is 0 Å². The van der Waals surface area contributed by atoms with E-state index in [0.717, 1.165) is 5.56 Å². The molecule has 0 radical (unpaired) electrons. The molecule has 0 saturated heterocycles. The van der Waals surface area contributed by atoms with Gasteiger partial charge in [-0.05, 0) is 0 Å². The molecule has 1 rings (SSSR count). The fourth-order valence-electron chi connectivity index (χ4n) is 7.21. The second-order valence-corrected chi connectivity index (χ2v) is 33.4. The molecule has 0 spiro atoms. The predicted octanol–water partition coefficient (Wildman–Crippen LogP) is 7.13. The van der Waals surface area contributed by atoms with Crippen molar-refractivity contribution in [1.82, 2.24) is 56.0 Å². The average Bonchev–Trinajstić information content (AvgIpc) is 3.02. The number of nitrogens with zero attached hydrogens (tertiary/aromatic N) is 16. The van der Waals surface area contributed by atoms with Gasteiger partial charge in [-0.15, -0.1) is 0 Å². The molecule has 0 aliphatic carbocycles. The van der Waals surface area contributed by atoms with Crippen LogP contribution < -0.4 is 0 Å². The van der Waals surface area contributed by atoms with E-state index in [1.54, 1.807) is 0 Å². The molecule has 0 atom stereocenters. The van der Waals surface area contributed by atoms with Crippen molar-refractivity contribution in [2.24, 2.45) is 18.1 Å². The predicted molar refractivity (Wildman–Crippen MR) is 244 cm³/mol. The summed E-state index contributed by atoms with van der Waals surface area (Å²) in [4.78, 5) is 0. The van der Waals surface area contributed by atoms with Gasteiger partial charge < -0.3 is 0 Å². The summed E-state index contributed by atoms with van der Waals surface area (Å²) in [5.41, 5.74) is 2.28. The summed E-state index contributed by atoms with van der Waals surface area (Å²) in [6.45, 7) is 4.63. The molecule has 0 aliphatic rings. The Bertz CT molecular complexity index is 1360. The fourth-order valence-corrected chi connectivity index (χ4v) is 33.3. The zero-order chi connectivity index (χ0) is 41.7. The number of hydrogen-bond donors (Lipinski definition) is 0. The van der Waals surface area contributed by atoms with E-state index in [1.807, 2.05) is 6.08 Å². The zero-order valence-electron chi connectivity index (χ0n) is 37.7. The van der Waals surface area contributed by atoms with Gasteiger partial charge in [-0.25, -0.2) is 0 Å². The minimum atomic E-state index is -4.04. The Morgan fingerprint density at radius 2 is 0.642 bits per heavy atom. The standard InChI is InChI=1S/C32H79N16P5/c1-25-31-26-28-32(29-27-31)30-48(24)53(46(20)21,47(22)23)36-49(33-50(37(2)3,38(4)5)39(6)7,34-51(40(8)9,41(10)11)42(12)13)35-52(43(14)15,44(16)17)45(18)19/h25-29,49H,1,30H2,2-24H3. The van der Waals surface area contributed by atoms with Gasteiger partial charge in [-0.3, -0.25) is 0 Å². The number of hydrogen-bond acceptors (Lipinski definition) is 4. The summed E-state index contributed by atoms with van der Waals surface area (Å²) in [6.07, 6.45) is 1.88. The first-order chi connectivity index (χ1) is 24.1. The molecule has 0 unspecified atom stereocenters. The number of benzene rings is 1. The molecule has 0 heterocycles. The summed E-state index contributed by atoms with van der Waals surface area (Å²) < 4.78 is 52.3. The molecule has 0 aromatic heterocycles. The van der Waals surface area contributed by atoms with Gasteiger partial charge in [0.25, 0.3) is 0 Å². The van der Waals surface area contributed by atoms with Crippen LogP contribution in [0.5, 0.6) is 0 Å². The first-order valence-corrected chi connectivity index (χ1v) is 25.8. The van der Waals surface area contributed by atoms with Crippen molar-refractivity contribution < 1.29 is 0 Å². The third-order valence-electron chi connectivity index (χ3n) is 9.06. The topological polar surface area (TPSA) is 88.3 Å². The molecule has 312 valence electrons. The summed E-state index contributed by atoms with van der Waals surface area (Å²) in [5.74, 6) is 0. The second kappa shape index (κ2) is 20.0. The van der Waals surface area contributed by atoms with Crippen LogP contribution in [-0.4, -0.2) is 218 Å². The first kappa shape index (κ1) is 50.8. The molecule has 21 heteroatoms. The molecule has 0 amide bonds. The maximum absolute atomic E-state index is 6.32. The molecule has 1 aromatic carbocycles. The molecular weight excluding hydrogens is 763 g/mol. The Morgan fingerprint density at radius 3 is 0.849 bits per heavy atom. The van der Waals surface area contributed by atoms with Crippen molar-refractivity contribution in [3.63, 3.8) is 0 Å². The van der Waals surface area contributed by atoms with Crippen LogP contribution >= 0.6 is 37.9 Å². The number of rotatable bonds is 19. The minimum absolute atomic E-state index is 0.662. The van der Waals surface area contributed by atoms with Crippen LogP contribution in [0.25, 0.3) is 6.08 Å². The van der Waals surface area contributed by atoms with E-state index in [0.29, 0.717) is 6.54 Å². The Hall–Kier alpha value is -0.170. The van der Waals surface area contributed by atoms with Crippen molar-refractivity contribution in [3.8, 4) is 0 Å². The van der Waals surface area contributed by atoms with Gasteiger partial charge in [0, 0.05) is 0 Å². The molecule has 0 fully saturated rings. The van der Waals surface area contributed by atoms with Crippen molar-refractivity contribution in [2.75, 3.05) is 162 Å². The molecule has 0 aliphatic heterocycles. The molecular formula is C32H79N16P5. The van der Waals surface area contributed by atoms with Crippen LogP contribution in [0, 0.1) is 0 Å². The molecule has 53 heavy (non-hydrogen) atoms.